The topological polar surface area (TPSA) is 80.9 Å². The van der Waals surface area contributed by atoms with Gasteiger partial charge in [-0.05, 0) is 43.2 Å². The lowest BCUT2D eigenvalue weighted by Crippen LogP contribution is -2.30. The van der Waals surface area contributed by atoms with Gasteiger partial charge < -0.3 is 5.11 Å². The molecule has 1 aromatic heterocycles. The molecule has 0 fully saturated rings. The Bertz CT molecular complexity index is 634. The number of carboxylic acid groups (broad SMARTS) is 1. The van der Waals surface area contributed by atoms with Gasteiger partial charge in [-0.1, -0.05) is 29.8 Å². The highest BCUT2D eigenvalue weighted by Crippen LogP contribution is 2.18. The lowest BCUT2D eigenvalue weighted by molar-refractivity contribution is -0.147. The second-order valence-electron chi connectivity index (χ2n) is 5.93. The number of benzene rings is 1. The van der Waals surface area contributed by atoms with Crippen LogP contribution < -0.4 is 0 Å². The van der Waals surface area contributed by atoms with Gasteiger partial charge in [-0.2, -0.15) is 0 Å². The maximum atomic E-state index is 11.2. The number of hydrogen-bond acceptors (Lipinski definition) is 4. The molecular weight excluding hydrogens is 268 g/mol. The first kappa shape index (κ1) is 15.2. The van der Waals surface area contributed by atoms with Crippen LogP contribution in [0.15, 0.2) is 24.3 Å². The fourth-order valence-corrected chi connectivity index (χ4v) is 2.09. The van der Waals surface area contributed by atoms with Crippen molar-refractivity contribution in [1.29, 1.82) is 0 Å². The first-order valence-corrected chi connectivity index (χ1v) is 6.92. The van der Waals surface area contributed by atoms with E-state index in [0.717, 1.165) is 6.42 Å². The number of carbonyl (C=O) groups is 1. The van der Waals surface area contributed by atoms with Crippen molar-refractivity contribution in [3.63, 3.8) is 0 Å². The third-order valence-electron chi connectivity index (χ3n) is 3.45. The van der Waals surface area contributed by atoms with Crippen molar-refractivity contribution in [3.8, 4) is 0 Å². The summed E-state index contributed by atoms with van der Waals surface area (Å²) >= 11 is 0. The van der Waals surface area contributed by atoms with Crippen molar-refractivity contribution < 1.29 is 9.90 Å². The Kier molecular flexibility index (Phi) is 4.35. The number of aryl methyl sites for hydroxylation is 3. The summed E-state index contributed by atoms with van der Waals surface area (Å²) in [6.45, 7) is 5.66. The van der Waals surface area contributed by atoms with E-state index in [4.69, 9.17) is 0 Å². The molecule has 0 atom stereocenters. The van der Waals surface area contributed by atoms with Gasteiger partial charge >= 0.3 is 5.97 Å². The van der Waals surface area contributed by atoms with Crippen molar-refractivity contribution in [3.05, 3.63) is 41.2 Å². The van der Waals surface area contributed by atoms with Gasteiger partial charge in [0.1, 0.15) is 0 Å². The SMILES string of the molecule is Cc1cccc(CCc2nnnn2CC(C)(C)C(=O)O)c1. The summed E-state index contributed by atoms with van der Waals surface area (Å²) in [5.74, 6) is -0.145. The Morgan fingerprint density at radius 1 is 1.33 bits per heavy atom. The van der Waals surface area contributed by atoms with E-state index in [2.05, 4.69) is 40.6 Å². The van der Waals surface area contributed by atoms with Gasteiger partial charge in [0, 0.05) is 6.42 Å². The highest BCUT2D eigenvalue weighted by Gasteiger charge is 2.29. The lowest BCUT2D eigenvalue weighted by atomic mass is 9.94. The molecule has 1 aromatic carbocycles. The minimum absolute atomic E-state index is 0.262. The second-order valence-corrected chi connectivity index (χ2v) is 5.93. The van der Waals surface area contributed by atoms with Gasteiger partial charge in [-0.3, -0.25) is 4.79 Å². The van der Waals surface area contributed by atoms with Crippen LogP contribution in [0.25, 0.3) is 0 Å². The van der Waals surface area contributed by atoms with E-state index in [9.17, 15) is 9.90 Å². The number of tetrazole rings is 1. The van der Waals surface area contributed by atoms with Crippen LogP contribution in [0, 0.1) is 12.3 Å². The fraction of sp³-hybridized carbons (Fsp3) is 0.467. The standard InChI is InChI=1S/C15H20N4O2/c1-11-5-4-6-12(9-11)7-8-13-16-17-18-19(13)10-15(2,3)14(20)21/h4-6,9H,7-8,10H2,1-3H3,(H,20,21). The van der Waals surface area contributed by atoms with Crippen LogP contribution in [-0.4, -0.2) is 31.3 Å². The largest absolute Gasteiger partial charge is 0.481 e. The van der Waals surface area contributed by atoms with Gasteiger partial charge in [0.05, 0.1) is 12.0 Å². The fourth-order valence-electron chi connectivity index (χ4n) is 2.09. The highest BCUT2D eigenvalue weighted by molar-refractivity contribution is 5.73. The molecule has 6 nitrogen and oxygen atoms in total. The van der Waals surface area contributed by atoms with Crippen LogP contribution in [-0.2, 0) is 24.2 Å². The van der Waals surface area contributed by atoms with Gasteiger partial charge in [-0.15, -0.1) is 5.10 Å². The highest BCUT2D eigenvalue weighted by atomic mass is 16.4. The molecule has 2 rings (SSSR count). The summed E-state index contributed by atoms with van der Waals surface area (Å²) in [5.41, 5.74) is 1.55. The number of hydrogen-bond donors (Lipinski definition) is 1. The molecule has 1 N–H and O–H groups in total. The minimum atomic E-state index is -0.895. The van der Waals surface area contributed by atoms with E-state index in [1.807, 2.05) is 6.07 Å². The van der Waals surface area contributed by atoms with E-state index >= 15 is 0 Å². The summed E-state index contributed by atoms with van der Waals surface area (Å²) in [4.78, 5) is 11.2. The molecule has 0 amide bonds. The van der Waals surface area contributed by atoms with Crippen molar-refractivity contribution in [2.45, 2.75) is 40.2 Å². The molecule has 0 aliphatic carbocycles. The molecule has 0 saturated carbocycles. The van der Waals surface area contributed by atoms with Gasteiger partial charge in [-0.25, -0.2) is 4.68 Å². The van der Waals surface area contributed by atoms with Crippen molar-refractivity contribution in [2.75, 3.05) is 0 Å². The molecular formula is C15H20N4O2. The molecule has 6 heteroatoms. The predicted octanol–water partition coefficient (Wildman–Crippen LogP) is 1.88. The monoisotopic (exact) mass is 288 g/mol. The predicted molar refractivity (Wildman–Crippen MR) is 77.8 cm³/mol. The van der Waals surface area contributed by atoms with Crippen LogP contribution in [0.4, 0.5) is 0 Å². The molecule has 0 radical (unpaired) electrons. The van der Waals surface area contributed by atoms with E-state index in [-0.39, 0.29) is 6.54 Å². The first-order valence-electron chi connectivity index (χ1n) is 6.92. The van der Waals surface area contributed by atoms with E-state index in [1.165, 1.54) is 11.1 Å². The van der Waals surface area contributed by atoms with Crippen LogP contribution in [0.2, 0.25) is 0 Å². The van der Waals surface area contributed by atoms with E-state index in [0.29, 0.717) is 12.2 Å². The number of aliphatic carboxylic acids is 1. The summed E-state index contributed by atoms with van der Waals surface area (Å²) in [5, 5.41) is 20.8. The maximum Gasteiger partial charge on any atom is 0.310 e. The first-order chi connectivity index (χ1) is 9.88. The zero-order chi connectivity index (χ0) is 15.5. The number of nitrogens with zero attached hydrogens (tertiary/aromatic N) is 4. The van der Waals surface area contributed by atoms with Gasteiger partial charge in [0.25, 0.3) is 0 Å². The molecule has 0 bridgehead atoms. The van der Waals surface area contributed by atoms with E-state index in [1.54, 1.807) is 18.5 Å². The molecule has 1 heterocycles. The summed E-state index contributed by atoms with van der Waals surface area (Å²) < 4.78 is 1.59. The molecule has 0 saturated heterocycles. The van der Waals surface area contributed by atoms with Gasteiger partial charge in [0.2, 0.25) is 0 Å². The molecule has 21 heavy (non-hydrogen) atoms. The van der Waals surface area contributed by atoms with Crippen LogP contribution in [0.1, 0.15) is 30.8 Å². The Balaban J connectivity index is 2.05. The molecule has 0 spiro atoms. The quantitative estimate of drug-likeness (QED) is 0.877. The third-order valence-corrected chi connectivity index (χ3v) is 3.45. The Morgan fingerprint density at radius 3 is 2.76 bits per heavy atom. The Labute approximate surface area is 123 Å². The molecule has 2 aromatic rings. The second kappa shape index (κ2) is 6.03. The third kappa shape index (κ3) is 3.87. The number of carboxylic acids is 1. The zero-order valence-electron chi connectivity index (χ0n) is 12.6. The van der Waals surface area contributed by atoms with Crippen molar-refractivity contribution in [1.82, 2.24) is 20.2 Å². The number of aromatic nitrogens is 4. The molecule has 0 aliphatic rings. The van der Waals surface area contributed by atoms with Crippen LogP contribution in [0.5, 0.6) is 0 Å². The summed E-state index contributed by atoms with van der Waals surface area (Å²) in [7, 11) is 0. The van der Waals surface area contributed by atoms with Crippen molar-refractivity contribution >= 4 is 5.97 Å². The lowest BCUT2D eigenvalue weighted by Gasteiger charge is -2.19. The van der Waals surface area contributed by atoms with Crippen molar-refractivity contribution in [2.24, 2.45) is 5.41 Å². The summed E-state index contributed by atoms with van der Waals surface area (Å²) in [6, 6.07) is 8.29. The Hall–Kier alpha value is -2.24. The van der Waals surface area contributed by atoms with Crippen LogP contribution in [0.3, 0.4) is 0 Å². The van der Waals surface area contributed by atoms with Gasteiger partial charge in [0.15, 0.2) is 5.82 Å². The van der Waals surface area contributed by atoms with Crippen LogP contribution >= 0.6 is 0 Å². The Morgan fingerprint density at radius 2 is 2.10 bits per heavy atom. The summed E-state index contributed by atoms with van der Waals surface area (Å²) in [6.07, 6.45) is 1.52. The average molecular weight is 288 g/mol. The smallest absolute Gasteiger partial charge is 0.310 e. The number of rotatable bonds is 6. The van der Waals surface area contributed by atoms with E-state index < -0.39 is 11.4 Å². The molecule has 112 valence electrons. The molecule has 0 aliphatic heterocycles. The minimum Gasteiger partial charge on any atom is -0.481 e. The maximum absolute atomic E-state index is 11.2. The normalized spacial score (nSPS) is 11.6. The zero-order valence-corrected chi connectivity index (χ0v) is 12.6. The molecule has 0 unspecified atom stereocenters. The average Bonchev–Trinajstić information content (AvgIpc) is 2.83.